The van der Waals surface area contributed by atoms with Crippen LogP contribution in [0.2, 0.25) is 0 Å². The smallest absolute Gasteiger partial charge is 0.430 e. The van der Waals surface area contributed by atoms with Crippen LogP contribution in [0.3, 0.4) is 0 Å². The van der Waals surface area contributed by atoms with Crippen molar-refractivity contribution >= 4 is 33.5 Å². The summed E-state index contributed by atoms with van der Waals surface area (Å²) in [4.78, 5) is 21.0. The Balaban J connectivity index is 0.000000298. The number of carbonyl (C=O) groups is 1. The fourth-order valence-electron chi connectivity index (χ4n) is 2.54. The minimum absolute atomic E-state index is 0.161. The largest absolute Gasteiger partial charge is 0.542 e. The summed E-state index contributed by atoms with van der Waals surface area (Å²) < 4.78 is 35.3. The molecule has 1 aromatic carbocycles. The highest BCUT2D eigenvalue weighted by molar-refractivity contribution is 6.07. The number of nitrogens with two attached hydrogens (primary N) is 1. The molecule has 0 spiro atoms. The van der Waals surface area contributed by atoms with E-state index in [2.05, 4.69) is 6.07 Å². The average Bonchev–Trinajstić information content (AvgIpc) is 2.92. The first-order chi connectivity index (χ1) is 12.1. The van der Waals surface area contributed by atoms with Crippen molar-refractivity contribution in [2.45, 2.75) is 19.1 Å². The van der Waals surface area contributed by atoms with Crippen molar-refractivity contribution in [3.05, 3.63) is 34.7 Å². The summed E-state index contributed by atoms with van der Waals surface area (Å²) in [7, 11) is 1.92. The number of aromatic nitrogens is 2. The summed E-state index contributed by atoms with van der Waals surface area (Å²) in [5, 5.41) is 19.4. The summed E-state index contributed by atoms with van der Waals surface area (Å²) in [5.74, 6) is -3.01. The van der Waals surface area contributed by atoms with Gasteiger partial charge in [-0.2, -0.15) is 23.0 Å². The van der Waals surface area contributed by atoms with Gasteiger partial charge in [-0.25, -0.2) is 0 Å². The van der Waals surface area contributed by atoms with Crippen LogP contribution >= 0.6 is 0 Å². The summed E-state index contributed by atoms with van der Waals surface area (Å²) in [6.45, 7) is 0.503. The first-order valence-corrected chi connectivity index (χ1v) is 7.26. The number of hydrogen-bond donors (Lipinski definition) is 1. The fourth-order valence-corrected chi connectivity index (χ4v) is 2.54. The van der Waals surface area contributed by atoms with E-state index < -0.39 is 12.1 Å². The predicted molar refractivity (Wildman–Crippen MR) is 83.8 cm³/mol. The zero-order chi connectivity index (χ0) is 19.6. The molecule has 26 heavy (non-hydrogen) atoms. The molecule has 0 fully saturated rings. The van der Waals surface area contributed by atoms with Crippen LogP contribution in [0.5, 0.6) is 0 Å². The zero-order valence-corrected chi connectivity index (χ0v) is 13.5. The Kier molecular flexibility index (Phi) is 5.02. The lowest BCUT2D eigenvalue weighted by atomic mass is 10.1. The highest BCUT2D eigenvalue weighted by Crippen LogP contribution is 2.24. The second kappa shape index (κ2) is 6.87. The van der Waals surface area contributed by atoms with Gasteiger partial charge < -0.3 is 20.2 Å². The number of carbonyl (C=O) groups excluding carboxylic acids is 1. The second-order valence-corrected chi connectivity index (χ2v) is 5.44. The van der Waals surface area contributed by atoms with E-state index in [0.717, 1.165) is 16.3 Å². The van der Waals surface area contributed by atoms with Crippen molar-refractivity contribution in [1.82, 2.24) is 4.57 Å². The number of pyridine rings is 1. The van der Waals surface area contributed by atoms with Crippen molar-refractivity contribution in [2.24, 2.45) is 7.05 Å². The van der Waals surface area contributed by atoms with Gasteiger partial charge in [0.25, 0.3) is 10.9 Å². The zero-order valence-electron chi connectivity index (χ0n) is 13.5. The Hall–Kier alpha value is -3.35. The van der Waals surface area contributed by atoms with Gasteiger partial charge in [-0.15, -0.1) is 0 Å². The number of rotatable bonds is 2. The summed E-state index contributed by atoms with van der Waals surface area (Å²) in [6.07, 6.45) is -0.974. The predicted octanol–water partition coefficient (Wildman–Crippen LogP) is 0.211. The standard InChI is InChI=1S/C14H12N4O.C2HF3O2/c1-17-6-3-9-8-18(5-2-4-15)13-12(9)11(17)7-10(16)14(13)19;3-2(4,5)1(6)7/h3,6-8,16H,2,5H2,1H3;(H,6,7). The van der Waals surface area contributed by atoms with E-state index in [4.69, 9.17) is 20.9 Å². The van der Waals surface area contributed by atoms with Crippen LogP contribution in [0, 0.1) is 11.3 Å². The first-order valence-electron chi connectivity index (χ1n) is 7.26. The topological polar surface area (TPSA) is 116 Å². The molecule has 0 aliphatic carbocycles. The third kappa shape index (κ3) is 3.51. The number of nitrogens with zero attached hydrogens (tertiary/aromatic N) is 3. The van der Waals surface area contributed by atoms with Crippen LogP contribution in [0.4, 0.5) is 18.9 Å². The molecule has 0 saturated carbocycles. The van der Waals surface area contributed by atoms with Gasteiger partial charge >= 0.3 is 6.18 Å². The molecule has 0 aliphatic heterocycles. The monoisotopic (exact) mass is 366 g/mol. The van der Waals surface area contributed by atoms with Crippen LogP contribution in [0.25, 0.3) is 21.8 Å². The quantitative estimate of drug-likeness (QED) is 0.514. The highest BCUT2D eigenvalue weighted by Gasteiger charge is 2.28. The van der Waals surface area contributed by atoms with E-state index in [1.54, 1.807) is 6.07 Å². The van der Waals surface area contributed by atoms with Gasteiger partial charge in [-0.05, 0) is 12.1 Å². The van der Waals surface area contributed by atoms with E-state index in [1.165, 1.54) is 0 Å². The maximum absolute atomic E-state index is 12.3. The highest BCUT2D eigenvalue weighted by atomic mass is 19.4. The summed E-state index contributed by atoms with van der Waals surface area (Å²) in [6, 6.07) is 5.78. The van der Waals surface area contributed by atoms with Crippen LogP contribution in [0.15, 0.2) is 29.3 Å². The molecular weight excluding hydrogens is 353 g/mol. The van der Waals surface area contributed by atoms with E-state index in [-0.39, 0.29) is 11.1 Å². The SMILES string of the molecule is Cn1ccc2c[n+](CCC#N)c3c(=O)c(N)cc1c23.O=C([O-])C(F)(F)F. The second-order valence-electron chi connectivity index (χ2n) is 5.44. The number of carboxylic acid groups (broad SMARTS) is 1. The third-order valence-corrected chi connectivity index (χ3v) is 3.69. The van der Waals surface area contributed by atoms with E-state index in [0.29, 0.717) is 18.5 Å². The van der Waals surface area contributed by atoms with E-state index in [9.17, 15) is 18.0 Å². The molecule has 10 heteroatoms. The molecule has 3 aromatic rings. The van der Waals surface area contributed by atoms with Crippen LogP contribution in [-0.4, -0.2) is 16.7 Å². The van der Waals surface area contributed by atoms with Crippen molar-refractivity contribution in [3.63, 3.8) is 0 Å². The van der Waals surface area contributed by atoms with Crippen LogP contribution in [0.1, 0.15) is 6.42 Å². The average molecular weight is 366 g/mol. The first kappa shape index (κ1) is 19.0. The van der Waals surface area contributed by atoms with Crippen LogP contribution < -0.4 is 20.8 Å². The molecule has 3 rings (SSSR count). The molecule has 0 bridgehead atoms. The maximum Gasteiger partial charge on any atom is 0.430 e. The van der Waals surface area contributed by atoms with Crippen molar-refractivity contribution in [1.29, 1.82) is 5.26 Å². The number of hydrogen-bond acceptors (Lipinski definition) is 5. The van der Waals surface area contributed by atoms with Crippen molar-refractivity contribution in [3.8, 4) is 6.07 Å². The Morgan fingerprint density at radius 1 is 1.46 bits per heavy atom. The molecule has 2 aromatic heterocycles. The molecule has 0 saturated heterocycles. The molecule has 7 nitrogen and oxygen atoms in total. The minimum Gasteiger partial charge on any atom is -0.542 e. The van der Waals surface area contributed by atoms with Crippen molar-refractivity contribution in [2.75, 3.05) is 5.73 Å². The Labute approximate surface area is 144 Å². The lowest BCUT2D eigenvalue weighted by molar-refractivity contribution is -0.667. The number of halogens is 3. The van der Waals surface area contributed by atoms with Gasteiger partial charge in [0.1, 0.15) is 5.97 Å². The number of nitrogen functional groups attached to an aromatic ring is 1. The van der Waals surface area contributed by atoms with E-state index in [1.807, 2.05) is 34.6 Å². The molecule has 136 valence electrons. The molecule has 0 unspecified atom stereocenters. The van der Waals surface area contributed by atoms with Gasteiger partial charge in [0, 0.05) is 13.2 Å². The Bertz CT molecular complexity index is 1070. The number of carboxylic acids is 1. The number of benzene rings is 1. The van der Waals surface area contributed by atoms with Gasteiger partial charge in [0.2, 0.25) is 0 Å². The van der Waals surface area contributed by atoms with Gasteiger partial charge in [-0.3, -0.25) is 4.79 Å². The summed E-state index contributed by atoms with van der Waals surface area (Å²) >= 11 is 0. The number of aryl methyl sites for hydroxylation is 2. The minimum atomic E-state index is -5.19. The van der Waals surface area contributed by atoms with Gasteiger partial charge in [0.15, 0.2) is 12.7 Å². The van der Waals surface area contributed by atoms with Crippen molar-refractivity contribution < 1.29 is 27.6 Å². The molecular formula is C16H13F3N4O3. The maximum atomic E-state index is 12.3. The Morgan fingerprint density at radius 3 is 2.62 bits per heavy atom. The number of aliphatic carboxylic acids is 1. The molecule has 2 N–H and O–H groups in total. The lowest BCUT2D eigenvalue weighted by Gasteiger charge is -2.04. The fraction of sp³-hybridized carbons (Fsp3) is 0.250. The van der Waals surface area contributed by atoms with Gasteiger partial charge in [0.05, 0.1) is 34.5 Å². The van der Waals surface area contributed by atoms with E-state index >= 15 is 0 Å². The lowest BCUT2D eigenvalue weighted by Crippen LogP contribution is -2.37. The molecule has 0 aliphatic rings. The van der Waals surface area contributed by atoms with Gasteiger partial charge in [-0.1, -0.05) is 0 Å². The Morgan fingerprint density at radius 2 is 2.08 bits per heavy atom. The van der Waals surface area contributed by atoms with Crippen LogP contribution in [-0.2, 0) is 18.4 Å². The summed E-state index contributed by atoms with van der Waals surface area (Å²) in [5.41, 5.74) is 7.42. The number of nitriles is 1. The number of alkyl halides is 3. The third-order valence-electron chi connectivity index (χ3n) is 3.69. The molecule has 0 radical (unpaired) electrons. The molecule has 2 heterocycles. The molecule has 0 amide bonds. The number of anilines is 1. The normalized spacial score (nSPS) is 11.2. The molecule has 0 atom stereocenters.